The summed E-state index contributed by atoms with van der Waals surface area (Å²) in [6.45, 7) is 4.53. The number of hydrogen-bond donors (Lipinski definition) is 1. The standard InChI is InChI=1S/C18H21N3O2S.HI/c1-11-10-24-18(19-11)12(2)20-17(22)16-14(9-21(3)4)13-7-5-6-8-15(13)23-16;/h5-8,10,12H,9H2,1-4H3,(H,20,22);1H. The number of aryl methyl sites for hydroxylation is 1. The van der Waals surface area contributed by atoms with Crippen molar-refractivity contribution in [2.24, 2.45) is 0 Å². The van der Waals surface area contributed by atoms with Crippen LogP contribution in [0.2, 0.25) is 0 Å². The first-order valence-corrected chi connectivity index (χ1v) is 8.71. The highest BCUT2D eigenvalue weighted by molar-refractivity contribution is 14.0. The van der Waals surface area contributed by atoms with Gasteiger partial charge in [-0.1, -0.05) is 18.2 Å². The van der Waals surface area contributed by atoms with Gasteiger partial charge in [-0.2, -0.15) is 0 Å². The molecule has 3 rings (SSSR count). The first-order valence-electron chi connectivity index (χ1n) is 7.83. The molecule has 0 aliphatic carbocycles. The van der Waals surface area contributed by atoms with Crippen LogP contribution in [-0.4, -0.2) is 29.9 Å². The molecule has 7 heteroatoms. The van der Waals surface area contributed by atoms with Gasteiger partial charge in [0.2, 0.25) is 0 Å². The van der Waals surface area contributed by atoms with Crippen LogP contribution in [0.3, 0.4) is 0 Å². The fraction of sp³-hybridized carbons (Fsp3) is 0.333. The number of aromatic nitrogens is 1. The topological polar surface area (TPSA) is 58.4 Å². The van der Waals surface area contributed by atoms with Gasteiger partial charge in [0.25, 0.3) is 5.91 Å². The van der Waals surface area contributed by atoms with Crippen molar-refractivity contribution < 1.29 is 9.21 Å². The van der Waals surface area contributed by atoms with Crippen molar-refractivity contribution >= 4 is 52.2 Å². The Morgan fingerprint density at radius 1 is 1.36 bits per heavy atom. The summed E-state index contributed by atoms with van der Waals surface area (Å²) in [4.78, 5) is 19.2. The summed E-state index contributed by atoms with van der Waals surface area (Å²) in [7, 11) is 3.95. The lowest BCUT2D eigenvalue weighted by Gasteiger charge is -2.13. The van der Waals surface area contributed by atoms with Gasteiger partial charge in [-0.3, -0.25) is 4.79 Å². The molecule has 0 saturated heterocycles. The van der Waals surface area contributed by atoms with Gasteiger partial charge in [0.05, 0.1) is 6.04 Å². The van der Waals surface area contributed by atoms with Crippen LogP contribution < -0.4 is 5.32 Å². The first-order chi connectivity index (χ1) is 11.5. The Morgan fingerprint density at radius 3 is 2.72 bits per heavy atom. The summed E-state index contributed by atoms with van der Waals surface area (Å²) in [5.74, 6) is 0.174. The highest BCUT2D eigenvalue weighted by atomic mass is 127. The van der Waals surface area contributed by atoms with Crippen LogP contribution in [0.1, 0.15) is 39.8 Å². The number of fused-ring (bicyclic) bond motifs is 1. The van der Waals surface area contributed by atoms with Gasteiger partial charge in [0.1, 0.15) is 10.6 Å². The number of carbonyl (C=O) groups is 1. The summed E-state index contributed by atoms with van der Waals surface area (Å²) in [6.07, 6.45) is 0. The summed E-state index contributed by atoms with van der Waals surface area (Å²) < 4.78 is 5.85. The zero-order valence-electron chi connectivity index (χ0n) is 14.7. The molecular weight excluding hydrogens is 449 g/mol. The maximum absolute atomic E-state index is 12.8. The minimum atomic E-state index is -0.205. The van der Waals surface area contributed by atoms with Crippen molar-refractivity contribution in [1.29, 1.82) is 0 Å². The summed E-state index contributed by atoms with van der Waals surface area (Å²) in [6, 6.07) is 7.59. The van der Waals surface area contributed by atoms with Gasteiger partial charge < -0.3 is 14.6 Å². The Balaban J connectivity index is 0.00000225. The molecular formula is C18H22IN3O2S. The molecule has 0 aliphatic heterocycles. The van der Waals surface area contributed by atoms with E-state index in [1.165, 1.54) is 0 Å². The average molecular weight is 471 g/mol. The lowest BCUT2D eigenvalue weighted by Crippen LogP contribution is -2.27. The Bertz CT molecular complexity index is 872. The number of thiazole rings is 1. The van der Waals surface area contributed by atoms with Crippen LogP contribution >= 0.6 is 35.3 Å². The second-order valence-corrected chi connectivity index (χ2v) is 7.06. The number of rotatable bonds is 5. The lowest BCUT2D eigenvalue weighted by atomic mass is 10.1. The van der Waals surface area contributed by atoms with Crippen LogP contribution in [-0.2, 0) is 6.54 Å². The molecule has 1 N–H and O–H groups in total. The number of hydrogen-bond acceptors (Lipinski definition) is 5. The lowest BCUT2D eigenvalue weighted by molar-refractivity contribution is 0.0911. The normalized spacial score (nSPS) is 12.2. The molecule has 5 nitrogen and oxygen atoms in total. The Labute approximate surface area is 168 Å². The van der Waals surface area contributed by atoms with E-state index in [4.69, 9.17) is 4.42 Å². The van der Waals surface area contributed by atoms with E-state index in [1.807, 2.05) is 62.5 Å². The molecule has 3 aromatic rings. The molecule has 2 aromatic heterocycles. The zero-order valence-corrected chi connectivity index (χ0v) is 17.8. The molecule has 1 amide bonds. The van der Waals surface area contributed by atoms with Crippen LogP contribution in [0, 0.1) is 6.92 Å². The Hall–Kier alpha value is -1.45. The summed E-state index contributed by atoms with van der Waals surface area (Å²) in [5, 5.41) is 6.86. The number of nitrogens with one attached hydrogen (secondary N) is 1. The van der Waals surface area contributed by atoms with E-state index in [2.05, 4.69) is 10.3 Å². The quantitative estimate of drug-likeness (QED) is 0.562. The number of nitrogens with zero attached hydrogens (tertiary/aromatic N) is 2. The van der Waals surface area contributed by atoms with Gasteiger partial charge in [-0.25, -0.2) is 4.98 Å². The molecule has 0 fully saturated rings. The van der Waals surface area contributed by atoms with E-state index >= 15 is 0 Å². The van der Waals surface area contributed by atoms with E-state index in [-0.39, 0.29) is 35.9 Å². The molecule has 1 atom stereocenters. The zero-order chi connectivity index (χ0) is 17.3. The molecule has 0 aliphatic rings. The predicted octanol–water partition coefficient (Wildman–Crippen LogP) is 4.37. The van der Waals surface area contributed by atoms with Gasteiger partial charge in [-0.15, -0.1) is 35.3 Å². The van der Waals surface area contributed by atoms with Gasteiger partial charge in [0.15, 0.2) is 5.76 Å². The maximum atomic E-state index is 12.8. The minimum absolute atomic E-state index is 0. The number of halogens is 1. The molecule has 0 bridgehead atoms. The molecule has 1 aromatic carbocycles. The fourth-order valence-electron chi connectivity index (χ4n) is 2.65. The smallest absolute Gasteiger partial charge is 0.287 e. The van der Waals surface area contributed by atoms with E-state index in [9.17, 15) is 4.79 Å². The van der Waals surface area contributed by atoms with Gasteiger partial charge >= 0.3 is 0 Å². The second-order valence-electron chi connectivity index (χ2n) is 6.17. The monoisotopic (exact) mass is 471 g/mol. The van der Waals surface area contributed by atoms with E-state index in [0.29, 0.717) is 12.3 Å². The van der Waals surface area contributed by atoms with Crippen LogP contribution in [0.5, 0.6) is 0 Å². The maximum Gasteiger partial charge on any atom is 0.287 e. The third kappa shape index (κ3) is 4.39. The van der Waals surface area contributed by atoms with E-state index < -0.39 is 0 Å². The largest absolute Gasteiger partial charge is 0.451 e. The van der Waals surface area contributed by atoms with Crippen molar-refractivity contribution in [2.75, 3.05) is 14.1 Å². The minimum Gasteiger partial charge on any atom is -0.451 e. The fourth-order valence-corrected chi connectivity index (χ4v) is 3.45. The number of benzene rings is 1. The molecule has 134 valence electrons. The highest BCUT2D eigenvalue weighted by Crippen LogP contribution is 2.27. The number of furan rings is 1. The Kier molecular flexibility index (Phi) is 6.59. The van der Waals surface area contributed by atoms with Gasteiger partial charge in [-0.05, 0) is 34.0 Å². The van der Waals surface area contributed by atoms with Crippen LogP contribution in [0.4, 0.5) is 0 Å². The SMILES string of the molecule is Cc1csc(C(C)NC(=O)c2oc3ccccc3c2CN(C)C)n1.I. The Morgan fingerprint density at radius 2 is 2.08 bits per heavy atom. The predicted molar refractivity (Wildman–Crippen MR) is 112 cm³/mol. The molecule has 0 spiro atoms. The first kappa shape index (κ1) is 19.9. The van der Waals surface area contributed by atoms with Crippen molar-refractivity contribution in [2.45, 2.75) is 26.4 Å². The third-order valence-corrected chi connectivity index (χ3v) is 4.88. The number of para-hydroxylation sites is 1. The molecule has 0 radical (unpaired) electrons. The van der Waals surface area contributed by atoms with Crippen molar-refractivity contribution in [3.63, 3.8) is 0 Å². The number of carbonyl (C=O) groups excluding carboxylic acids is 1. The number of amides is 1. The van der Waals surface area contributed by atoms with E-state index in [0.717, 1.165) is 27.2 Å². The molecule has 2 heterocycles. The summed E-state index contributed by atoms with van der Waals surface area (Å²) >= 11 is 1.55. The van der Waals surface area contributed by atoms with E-state index in [1.54, 1.807) is 11.3 Å². The van der Waals surface area contributed by atoms with Crippen molar-refractivity contribution in [1.82, 2.24) is 15.2 Å². The second kappa shape index (κ2) is 8.29. The molecule has 25 heavy (non-hydrogen) atoms. The average Bonchev–Trinajstić information content (AvgIpc) is 3.11. The van der Waals surface area contributed by atoms with Crippen molar-refractivity contribution in [3.05, 3.63) is 51.7 Å². The molecule has 0 saturated carbocycles. The highest BCUT2D eigenvalue weighted by Gasteiger charge is 2.23. The van der Waals surface area contributed by atoms with Crippen molar-refractivity contribution in [3.8, 4) is 0 Å². The summed E-state index contributed by atoms with van der Waals surface area (Å²) in [5.41, 5.74) is 2.61. The molecule has 1 unspecified atom stereocenters. The van der Waals surface area contributed by atoms with Gasteiger partial charge in [0, 0.05) is 28.6 Å². The van der Waals surface area contributed by atoms with Crippen LogP contribution in [0.15, 0.2) is 34.1 Å². The van der Waals surface area contributed by atoms with Crippen LogP contribution in [0.25, 0.3) is 11.0 Å². The third-order valence-electron chi connectivity index (χ3n) is 3.73.